The predicted octanol–water partition coefficient (Wildman–Crippen LogP) is 4.21. The number of nitro groups is 1. The van der Waals surface area contributed by atoms with Gasteiger partial charge in [-0.05, 0) is 36.4 Å². The van der Waals surface area contributed by atoms with Crippen LogP contribution in [-0.4, -0.2) is 17.2 Å². The number of ether oxygens (including phenoxy) is 1. The molecular weight excluding hydrogens is 349 g/mol. The predicted molar refractivity (Wildman–Crippen MR) is 81.8 cm³/mol. The molecular formula is C14H9F3N2O4S. The number of benzene rings is 1. The monoisotopic (exact) mass is 358 g/mol. The number of thiophene rings is 1. The number of amides is 1. The number of nitrogens with zero attached hydrogens (tertiary/aromatic N) is 1. The smallest absolute Gasteiger partial charge is 0.406 e. The van der Waals surface area contributed by atoms with Crippen molar-refractivity contribution in [2.45, 2.75) is 6.36 Å². The number of hydrogen-bond donors (Lipinski definition) is 1. The second kappa shape index (κ2) is 7.13. The van der Waals surface area contributed by atoms with Gasteiger partial charge in [0.2, 0.25) is 5.91 Å². The van der Waals surface area contributed by atoms with Crippen LogP contribution in [0.4, 0.5) is 23.9 Å². The normalized spacial score (nSPS) is 11.5. The minimum Gasteiger partial charge on any atom is -0.406 e. The van der Waals surface area contributed by atoms with Crippen molar-refractivity contribution in [3.63, 3.8) is 0 Å². The summed E-state index contributed by atoms with van der Waals surface area (Å²) in [6.45, 7) is 0. The second-order valence-electron chi connectivity index (χ2n) is 4.33. The summed E-state index contributed by atoms with van der Waals surface area (Å²) in [5, 5.41) is 12.9. The molecule has 24 heavy (non-hydrogen) atoms. The van der Waals surface area contributed by atoms with E-state index >= 15 is 0 Å². The highest BCUT2D eigenvalue weighted by molar-refractivity contribution is 7.16. The maximum absolute atomic E-state index is 12.0. The highest BCUT2D eigenvalue weighted by Crippen LogP contribution is 2.25. The van der Waals surface area contributed by atoms with Crippen LogP contribution in [0.15, 0.2) is 42.5 Å². The van der Waals surface area contributed by atoms with Crippen LogP contribution in [-0.2, 0) is 4.79 Å². The zero-order valence-corrected chi connectivity index (χ0v) is 12.6. The molecule has 0 aliphatic carbocycles. The summed E-state index contributed by atoms with van der Waals surface area (Å²) in [7, 11) is 0. The molecule has 1 N–H and O–H groups in total. The fourth-order valence-electron chi connectivity index (χ4n) is 1.61. The minimum atomic E-state index is -4.78. The van der Waals surface area contributed by atoms with E-state index in [9.17, 15) is 28.1 Å². The van der Waals surface area contributed by atoms with Crippen molar-refractivity contribution in [2.24, 2.45) is 0 Å². The molecule has 0 spiro atoms. The van der Waals surface area contributed by atoms with Crippen molar-refractivity contribution < 1.29 is 27.6 Å². The summed E-state index contributed by atoms with van der Waals surface area (Å²) >= 11 is 0.908. The second-order valence-corrected chi connectivity index (χ2v) is 5.42. The Labute approximate surface area is 137 Å². The van der Waals surface area contributed by atoms with E-state index in [1.54, 1.807) is 0 Å². The Kier molecular flexibility index (Phi) is 5.19. The first kappa shape index (κ1) is 17.5. The van der Waals surface area contributed by atoms with E-state index in [1.807, 2.05) is 0 Å². The van der Waals surface area contributed by atoms with E-state index in [0.29, 0.717) is 4.88 Å². The van der Waals surface area contributed by atoms with Gasteiger partial charge < -0.3 is 10.1 Å². The molecule has 10 heteroatoms. The number of alkyl halides is 3. The lowest BCUT2D eigenvalue weighted by Crippen LogP contribution is -2.17. The molecule has 0 radical (unpaired) electrons. The van der Waals surface area contributed by atoms with Gasteiger partial charge in [-0.15, -0.1) is 13.2 Å². The lowest BCUT2D eigenvalue weighted by Gasteiger charge is -2.09. The average Bonchev–Trinajstić information content (AvgIpc) is 2.95. The molecule has 0 saturated carbocycles. The lowest BCUT2D eigenvalue weighted by molar-refractivity contribution is -0.380. The Morgan fingerprint density at radius 1 is 1.21 bits per heavy atom. The Bertz CT molecular complexity index is 769. The molecule has 1 aromatic heterocycles. The quantitative estimate of drug-likeness (QED) is 0.493. The van der Waals surface area contributed by atoms with Gasteiger partial charge in [0.15, 0.2) is 0 Å². The van der Waals surface area contributed by atoms with Crippen LogP contribution >= 0.6 is 11.3 Å². The van der Waals surface area contributed by atoms with E-state index in [4.69, 9.17) is 0 Å². The maximum Gasteiger partial charge on any atom is 0.573 e. The standard InChI is InChI=1S/C14H9F3N2O4S/c15-14(16,17)23-10-3-1-9(2-4-10)18-12(20)7-5-11-6-8-13(24-11)19(21)22/h1-8H,(H,18,20)/b7-5+. The van der Waals surface area contributed by atoms with Crippen molar-refractivity contribution in [3.05, 3.63) is 57.5 Å². The summed E-state index contributed by atoms with van der Waals surface area (Å²) in [5.41, 5.74) is 0.274. The fourth-order valence-corrected chi connectivity index (χ4v) is 2.34. The average molecular weight is 358 g/mol. The molecule has 1 aromatic carbocycles. The summed E-state index contributed by atoms with van der Waals surface area (Å²) < 4.78 is 39.8. The molecule has 0 fully saturated rings. The molecule has 0 aliphatic heterocycles. The number of halogens is 3. The van der Waals surface area contributed by atoms with Crippen molar-refractivity contribution in [1.82, 2.24) is 0 Å². The molecule has 2 rings (SSSR count). The van der Waals surface area contributed by atoms with Gasteiger partial charge in [0.1, 0.15) is 5.75 Å². The number of rotatable bonds is 5. The topological polar surface area (TPSA) is 81.5 Å². The van der Waals surface area contributed by atoms with Crippen LogP contribution in [0.2, 0.25) is 0 Å². The first-order valence-corrected chi connectivity index (χ1v) is 7.14. The van der Waals surface area contributed by atoms with Crippen molar-refractivity contribution in [3.8, 4) is 5.75 Å². The third-order valence-corrected chi connectivity index (χ3v) is 3.55. The minimum absolute atomic E-state index is 0.0460. The first-order valence-electron chi connectivity index (χ1n) is 6.32. The van der Waals surface area contributed by atoms with Crippen LogP contribution in [0.3, 0.4) is 0 Å². The number of carbonyl (C=O) groups is 1. The van der Waals surface area contributed by atoms with Crippen molar-refractivity contribution in [1.29, 1.82) is 0 Å². The summed E-state index contributed by atoms with van der Waals surface area (Å²) in [6, 6.07) is 7.45. The van der Waals surface area contributed by atoms with Gasteiger partial charge in [0.05, 0.1) is 4.92 Å². The van der Waals surface area contributed by atoms with Crippen molar-refractivity contribution in [2.75, 3.05) is 5.32 Å². The Balaban J connectivity index is 1.94. The molecule has 0 atom stereocenters. The van der Waals surface area contributed by atoms with E-state index in [-0.39, 0.29) is 10.7 Å². The van der Waals surface area contributed by atoms with Gasteiger partial charge in [-0.25, -0.2) is 0 Å². The molecule has 126 valence electrons. The summed E-state index contributed by atoms with van der Waals surface area (Å²) in [5.74, 6) is -0.933. The number of nitrogens with one attached hydrogen (secondary N) is 1. The van der Waals surface area contributed by atoms with Crippen LogP contribution in [0, 0.1) is 10.1 Å². The van der Waals surface area contributed by atoms with Crippen LogP contribution in [0.25, 0.3) is 6.08 Å². The largest absolute Gasteiger partial charge is 0.573 e. The molecule has 2 aromatic rings. The lowest BCUT2D eigenvalue weighted by atomic mass is 10.3. The van der Waals surface area contributed by atoms with Crippen LogP contribution in [0.1, 0.15) is 4.88 Å². The van der Waals surface area contributed by atoms with E-state index < -0.39 is 22.9 Å². The fraction of sp³-hybridized carbons (Fsp3) is 0.0714. The van der Waals surface area contributed by atoms with E-state index in [2.05, 4.69) is 10.1 Å². The van der Waals surface area contributed by atoms with Gasteiger partial charge >= 0.3 is 11.4 Å². The van der Waals surface area contributed by atoms with E-state index in [0.717, 1.165) is 29.5 Å². The highest BCUT2D eigenvalue weighted by atomic mass is 32.1. The Morgan fingerprint density at radius 2 is 1.88 bits per heavy atom. The highest BCUT2D eigenvalue weighted by Gasteiger charge is 2.30. The number of anilines is 1. The van der Waals surface area contributed by atoms with Gasteiger partial charge in [-0.1, -0.05) is 11.3 Å². The Hall–Kier alpha value is -2.88. The molecule has 0 saturated heterocycles. The van der Waals surface area contributed by atoms with Gasteiger partial charge in [0.25, 0.3) is 0 Å². The van der Waals surface area contributed by atoms with Gasteiger partial charge in [-0.3, -0.25) is 14.9 Å². The van der Waals surface area contributed by atoms with Crippen LogP contribution in [0.5, 0.6) is 5.75 Å². The third kappa shape index (κ3) is 5.39. The third-order valence-electron chi connectivity index (χ3n) is 2.55. The summed E-state index contributed by atoms with van der Waals surface area (Å²) in [4.78, 5) is 22.2. The van der Waals surface area contributed by atoms with E-state index in [1.165, 1.54) is 30.3 Å². The number of carbonyl (C=O) groups excluding carboxylic acids is 1. The molecule has 0 aliphatic rings. The Morgan fingerprint density at radius 3 is 2.42 bits per heavy atom. The van der Waals surface area contributed by atoms with Crippen molar-refractivity contribution >= 4 is 34.0 Å². The first-order chi connectivity index (χ1) is 11.2. The van der Waals surface area contributed by atoms with Gasteiger partial charge in [-0.2, -0.15) is 0 Å². The summed E-state index contributed by atoms with van der Waals surface area (Å²) in [6.07, 6.45) is -2.22. The molecule has 1 heterocycles. The number of hydrogen-bond acceptors (Lipinski definition) is 5. The zero-order chi connectivity index (χ0) is 17.7. The molecule has 6 nitrogen and oxygen atoms in total. The van der Waals surface area contributed by atoms with Gasteiger partial charge in [0, 0.05) is 22.7 Å². The molecule has 0 unspecified atom stereocenters. The van der Waals surface area contributed by atoms with Crippen LogP contribution < -0.4 is 10.1 Å². The molecule has 1 amide bonds. The SMILES string of the molecule is O=C(/C=C/c1ccc([N+](=O)[O-])s1)Nc1ccc(OC(F)(F)F)cc1. The zero-order valence-electron chi connectivity index (χ0n) is 11.7. The molecule has 0 bridgehead atoms. The maximum atomic E-state index is 12.0.